The zero-order valence-corrected chi connectivity index (χ0v) is 8.47. The summed E-state index contributed by atoms with van der Waals surface area (Å²) >= 11 is 0. The topological polar surface area (TPSA) is 49.4 Å². The highest BCUT2D eigenvalue weighted by atomic mass is 32.2. The summed E-state index contributed by atoms with van der Waals surface area (Å²) in [6.07, 6.45) is 6.78. The number of rotatable bonds is 2. The predicted octanol–water partition coefficient (Wildman–Crippen LogP) is -0.204. The molecule has 0 bridgehead atoms. The Kier molecular flexibility index (Phi) is 3.31. The van der Waals surface area contributed by atoms with E-state index in [1.807, 2.05) is 0 Å². The molecule has 0 aromatic carbocycles. The number of terminal acetylenes is 1. The molecule has 1 saturated heterocycles. The van der Waals surface area contributed by atoms with Crippen LogP contribution in [-0.2, 0) is 10.2 Å². The van der Waals surface area contributed by atoms with Gasteiger partial charge in [-0.2, -0.15) is 12.7 Å². The summed E-state index contributed by atoms with van der Waals surface area (Å²) in [5.74, 6) is 2.89. The van der Waals surface area contributed by atoms with Gasteiger partial charge in [-0.1, -0.05) is 0 Å². The average molecular weight is 202 g/mol. The Balaban J connectivity index is 2.56. The average Bonchev–Trinajstić information content (AvgIpc) is 2.18. The summed E-state index contributed by atoms with van der Waals surface area (Å²) < 4.78 is 26.3. The van der Waals surface area contributed by atoms with Gasteiger partial charge in [0.2, 0.25) is 0 Å². The summed E-state index contributed by atoms with van der Waals surface area (Å²) in [6.45, 7) is 1.05. The molecule has 0 saturated carbocycles. The van der Waals surface area contributed by atoms with Crippen LogP contribution in [0.1, 0.15) is 12.8 Å². The lowest BCUT2D eigenvalue weighted by atomic mass is 10.00. The molecule has 13 heavy (non-hydrogen) atoms. The molecule has 0 unspecified atom stereocenters. The van der Waals surface area contributed by atoms with Gasteiger partial charge in [-0.15, -0.1) is 12.3 Å². The van der Waals surface area contributed by atoms with Crippen molar-refractivity contribution in [2.45, 2.75) is 12.8 Å². The van der Waals surface area contributed by atoms with E-state index in [-0.39, 0.29) is 5.92 Å². The molecule has 1 heterocycles. The van der Waals surface area contributed by atoms with E-state index in [4.69, 9.17) is 6.42 Å². The first-order valence-electron chi connectivity index (χ1n) is 4.25. The lowest BCUT2D eigenvalue weighted by Crippen LogP contribution is -2.43. The van der Waals surface area contributed by atoms with E-state index in [0.717, 1.165) is 12.8 Å². The van der Waals surface area contributed by atoms with Crippen molar-refractivity contribution in [3.05, 3.63) is 0 Å². The first-order chi connectivity index (χ1) is 6.10. The Labute approximate surface area is 79.5 Å². The van der Waals surface area contributed by atoms with Crippen LogP contribution in [0.3, 0.4) is 0 Å². The Morgan fingerprint density at radius 3 is 2.38 bits per heavy atom. The molecule has 1 fully saturated rings. The Morgan fingerprint density at radius 1 is 1.46 bits per heavy atom. The van der Waals surface area contributed by atoms with Crippen LogP contribution in [-0.4, -0.2) is 32.9 Å². The van der Waals surface area contributed by atoms with Crippen molar-refractivity contribution in [2.24, 2.45) is 5.92 Å². The van der Waals surface area contributed by atoms with E-state index < -0.39 is 10.2 Å². The summed E-state index contributed by atoms with van der Waals surface area (Å²) in [5.41, 5.74) is 0. The van der Waals surface area contributed by atoms with E-state index in [1.165, 1.54) is 11.4 Å². The molecule has 4 nitrogen and oxygen atoms in total. The molecule has 0 aromatic heterocycles. The van der Waals surface area contributed by atoms with Crippen molar-refractivity contribution >= 4 is 10.2 Å². The van der Waals surface area contributed by atoms with Gasteiger partial charge in [0.05, 0.1) is 0 Å². The predicted molar refractivity (Wildman–Crippen MR) is 51.1 cm³/mol. The highest BCUT2D eigenvalue weighted by molar-refractivity contribution is 7.87. The maximum Gasteiger partial charge on any atom is 0.279 e. The minimum Gasteiger partial charge on any atom is -0.205 e. The Bertz CT molecular complexity index is 297. The first kappa shape index (κ1) is 10.5. The van der Waals surface area contributed by atoms with Crippen molar-refractivity contribution in [1.82, 2.24) is 9.03 Å². The summed E-state index contributed by atoms with van der Waals surface area (Å²) in [7, 11) is -1.82. The van der Waals surface area contributed by atoms with E-state index >= 15 is 0 Å². The fourth-order valence-corrected chi connectivity index (χ4v) is 2.34. The number of nitrogens with zero attached hydrogens (tertiary/aromatic N) is 1. The van der Waals surface area contributed by atoms with Crippen LogP contribution >= 0.6 is 0 Å². The molecule has 0 radical (unpaired) electrons. The van der Waals surface area contributed by atoms with Crippen LogP contribution in [0.15, 0.2) is 0 Å². The molecule has 1 rings (SSSR count). The summed E-state index contributed by atoms with van der Waals surface area (Å²) in [5, 5.41) is 0. The number of piperidine rings is 1. The fraction of sp³-hybridized carbons (Fsp3) is 0.750. The zero-order valence-electron chi connectivity index (χ0n) is 7.66. The molecule has 0 aliphatic carbocycles. The second kappa shape index (κ2) is 4.09. The Hall–Kier alpha value is -0.570. The molecule has 0 amide bonds. The maximum atomic E-state index is 11.3. The maximum absolute atomic E-state index is 11.3. The van der Waals surface area contributed by atoms with Crippen LogP contribution < -0.4 is 4.72 Å². The summed E-state index contributed by atoms with van der Waals surface area (Å²) in [4.78, 5) is 0. The van der Waals surface area contributed by atoms with Gasteiger partial charge < -0.3 is 0 Å². The molecule has 1 aliphatic rings. The van der Waals surface area contributed by atoms with Crippen LogP contribution in [0.2, 0.25) is 0 Å². The van der Waals surface area contributed by atoms with E-state index in [2.05, 4.69) is 10.6 Å². The van der Waals surface area contributed by atoms with Gasteiger partial charge in [0, 0.05) is 26.1 Å². The first-order valence-corrected chi connectivity index (χ1v) is 5.69. The van der Waals surface area contributed by atoms with E-state index in [1.54, 1.807) is 0 Å². The van der Waals surface area contributed by atoms with Crippen LogP contribution in [0.5, 0.6) is 0 Å². The fourth-order valence-electron chi connectivity index (χ4n) is 1.39. The molecule has 5 heteroatoms. The molecule has 0 atom stereocenters. The number of hydrogen-bond acceptors (Lipinski definition) is 2. The van der Waals surface area contributed by atoms with Gasteiger partial charge in [0.15, 0.2) is 0 Å². The van der Waals surface area contributed by atoms with Gasteiger partial charge in [-0.3, -0.25) is 0 Å². The smallest absolute Gasteiger partial charge is 0.205 e. The summed E-state index contributed by atoms with van der Waals surface area (Å²) in [6, 6.07) is 0. The highest BCUT2D eigenvalue weighted by Crippen LogP contribution is 2.17. The molecule has 0 aromatic rings. The van der Waals surface area contributed by atoms with Crippen molar-refractivity contribution in [3.8, 4) is 12.3 Å². The van der Waals surface area contributed by atoms with Crippen molar-refractivity contribution in [1.29, 1.82) is 0 Å². The van der Waals surface area contributed by atoms with Crippen molar-refractivity contribution in [2.75, 3.05) is 20.1 Å². The molecule has 1 aliphatic heterocycles. The van der Waals surface area contributed by atoms with Gasteiger partial charge in [-0.05, 0) is 12.8 Å². The van der Waals surface area contributed by atoms with E-state index in [0.29, 0.717) is 13.1 Å². The van der Waals surface area contributed by atoms with Crippen LogP contribution in [0.4, 0.5) is 0 Å². The monoisotopic (exact) mass is 202 g/mol. The lowest BCUT2D eigenvalue weighted by molar-refractivity contribution is 0.309. The van der Waals surface area contributed by atoms with E-state index in [9.17, 15) is 8.42 Å². The largest absolute Gasteiger partial charge is 0.279 e. The molecule has 0 spiro atoms. The van der Waals surface area contributed by atoms with Gasteiger partial charge in [-0.25, -0.2) is 4.72 Å². The molecular formula is C8H14N2O2S. The standard InChI is InChI=1S/C8H14N2O2S/c1-3-8-4-6-10(7-5-8)13(11,12)9-2/h1,8-9H,4-7H2,2H3. The minimum atomic E-state index is -3.24. The molecule has 74 valence electrons. The third kappa shape index (κ3) is 2.44. The van der Waals surface area contributed by atoms with Gasteiger partial charge in [0.1, 0.15) is 0 Å². The third-order valence-corrected chi connectivity index (χ3v) is 3.85. The quantitative estimate of drug-likeness (QED) is 0.630. The normalized spacial score (nSPS) is 21.2. The highest BCUT2D eigenvalue weighted by Gasteiger charge is 2.25. The molecule has 1 N–H and O–H groups in total. The van der Waals surface area contributed by atoms with Crippen molar-refractivity contribution < 1.29 is 8.42 Å². The second-order valence-electron chi connectivity index (χ2n) is 3.05. The van der Waals surface area contributed by atoms with Gasteiger partial charge in [0.25, 0.3) is 10.2 Å². The number of nitrogens with one attached hydrogen (secondary N) is 1. The minimum absolute atomic E-state index is 0.239. The van der Waals surface area contributed by atoms with Crippen LogP contribution in [0.25, 0.3) is 0 Å². The zero-order chi connectivity index (χ0) is 9.90. The lowest BCUT2D eigenvalue weighted by Gasteiger charge is -2.28. The number of hydrogen-bond donors (Lipinski definition) is 1. The SMILES string of the molecule is C#CC1CCN(S(=O)(=O)NC)CC1. The molecular weight excluding hydrogens is 188 g/mol. The van der Waals surface area contributed by atoms with Gasteiger partial charge >= 0.3 is 0 Å². The van der Waals surface area contributed by atoms with Crippen LogP contribution in [0, 0.1) is 18.3 Å². The second-order valence-corrected chi connectivity index (χ2v) is 4.92. The van der Waals surface area contributed by atoms with Crippen molar-refractivity contribution in [3.63, 3.8) is 0 Å². The third-order valence-electron chi connectivity index (χ3n) is 2.29. The Morgan fingerprint density at radius 2 is 2.00 bits per heavy atom.